The predicted octanol–water partition coefficient (Wildman–Crippen LogP) is 1.48. The molecule has 0 aromatic rings. The first-order valence-corrected chi connectivity index (χ1v) is 6.77. The largest absolute Gasteiger partial charge is 0.449 e. The van der Waals surface area contributed by atoms with E-state index in [2.05, 4.69) is 5.32 Å². The molecule has 0 atom stereocenters. The topological polar surface area (TPSA) is 50.8 Å². The lowest BCUT2D eigenvalue weighted by Gasteiger charge is -2.32. The monoisotopic (exact) mass is 258 g/mol. The number of hydrogen-bond donors (Lipinski definition) is 1. The molecule has 106 valence electrons. The molecule has 0 spiro atoms. The van der Waals surface area contributed by atoms with E-state index in [0.717, 1.165) is 39.1 Å². The van der Waals surface area contributed by atoms with E-state index in [1.807, 2.05) is 13.8 Å². The van der Waals surface area contributed by atoms with Gasteiger partial charge in [-0.1, -0.05) is 13.8 Å². The van der Waals surface area contributed by atoms with Crippen LogP contribution in [-0.2, 0) is 9.47 Å². The second-order valence-corrected chi connectivity index (χ2v) is 5.18. The van der Waals surface area contributed by atoms with Crippen molar-refractivity contribution in [1.29, 1.82) is 0 Å². The highest BCUT2D eigenvalue weighted by Crippen LogP contribution is 2.11. The smallest absolute Gasteiger partial charge is 0.409 e. The Hall–Kier alpha value is -0.810. The SMILES string of the molecule is COCCNC1CCN(C(=O)OCC(C)C)CC1. The first kappa shape index (κ1) is 15.2. The Labute approximate surface area is 110 Å². The van der Waals surface area contributed by atoms with Gasteiger partial charge in [-0.2, -0.15) is 0 Å². The van der Waals surface area contributed by atoms with Crippen LogP contribution >= 0.6 is 0 Å². The van der Waals surface area contributed by atoms with Crippen molar-refractivity contribution < 1.29 is 14.3 Å². The number of nitrogens with zero attached hydrogens (tertiary/aromatic N) is 1. The highest BCUT2D eigenvalue weighted by atomic mass is 16.6. The number of methoxy groups -OCH3 is 1. The number of nitrogens with one attached hydrogen (secondary N) is 1. The average molecular weight is 258 g/mol. The van der Waals surface area contributed by atoms with Crippen molar-refractivity contribution in [3.63, 3.8) is 0 Å². The third kappa shape index (κ3) is 5.69. The summed E-state index contributed by atoms with van der Waals surface area (Å²) in [6.45, 7) is 7.75. The van der Waals surface area contributed by atoms with Gasteiger partial charge in [-0.25, -0.2) is 4.79 Å². The van der Waals surface area contributed by atoms with Gasteiger partial charge in [0.15, 0.2) is 0 Å². The summed E-state index contributed by atoms with van der Waals surface area (Å²) in [4.78, 5) is 13.5. The van der Waals surface area contributed by atoms with Crippen molar-refractivity contribution in [3.05, 3.63) is 0 Å². The van der Waals surface area contributed by atoms with E-state index in [9.17, 15) is 4.79 Å². The van der Waals surface area contributed by atoms with Crippen LogP contribution in [0.4, 0.5) is 4.79 Å². The predicted molar refractivity (Wildman–Crippen MR) is 70.7 cm³/mol. The Bertz CT molecular complexity index is 238. The third-order valence-electron chi connectivity index (χ3n) is 3.03. The van der Waals surface area contributed by atoms with E-state index in [-0.39, 0.29) is 6.09 Å². The molecule has 0 aromatic carbocycles. The lowest BCUT2D eigenvalue weighted by atomic mass is 10.1. The molecule has 0 aliphatic carbocycles. The van der Waals surface area contributed by atoms with Crippen LogP contribution in [0.1, 0.15) is 26.7 Å². The van der Waals surface area contributed by atoms with Crippen LogP contribution in [0.15, 0.2) is 0 Å². The second-order valence-electron chi connectivity index (χ2n) is 5.18. The third-order valence-corrected chi connectivity index (χ3v) is 3.03. The van der Waals surface area contributed by atoms with Crippen LogP contribution in [0.2, 0.25) is 0 Å². The molecule has 1 rings (SSSR count). The van der Waals surface area contributed by atoms with Crippen molar-refractivity contribution in [2.75, 3.05) is 40.0 Å². The molecule has 18 heavy (non-hydrogen) atoms. The van der Waals surface area contributed by atoms with Gasteiger partial charge in [-0.05, 0) is 18.8 Å². The molecule has 1 N–H and O–H groups in total. The summed E-state index contributed by atoms with van der Waals surface area (Å²) in [5, 5.41) is 3.43. The number of amides is 1. The van der Waals surface area contributed by atoms with Gasteiger partial charge in [0.05, 0.1) is 13.2 Å². The van der Waals surface area contributed by atoms with Crippen LogP contribution in [0.25, 0.3) is 0 Å². The molecule has 1 aliphatic rings. The van der Waals surface area contributed by atoms with Gasteiger partial charge >= 0.3 is 6.09 Å². The number of carbonyl (C=O) groups excluding carboxylic acids is 1. The van der Waals surface area contributed by atoms with Gasteiger partial charge < -0.3 is 19.7 Å². The number of likely N-dealkylation sites (tertiary alicyclic amines) is 1. The fourth-order valence-corrected chi connectivity index (χ4v) is 1.96. The molecular formula is C13H26N2O3. The molecule has 0 saturated carbocycles. The molecule has 5 heteroatoms. The summed E-state index contributed by atoms with van der Waals surface area (Å²) in [5.74, 6) is 0.391. The van der Waals surface area contributed by atoms with Gasteiger partial charge in [-0.15, -0.1) is 0 Å². The van der Waals surface area contributed by atoms with E-state index in [1.54, 1.807) is 12.0 Å². The zero-order valence-corrected chi connectivity index (χ0v) is 11.8. The number of piperidine rings is 1. The molecule has 0 bridgehead atoms. The Morgan fingerprint density at radius 2 is 2.06 bits per heavy atom. The van der Waals surface area contributed by atoms with Crippen LogP contribution in [-0.4, -0.2) is 57.0 Å². The van der Waals surface area contributed by atoms with Crippen LogP contribution in [0, 0.1) is 5.92 Å². The lowest BCUT2D eigenvalue weighted by Crippen LogP contribution is -2.45. The second kappa shape index (κ2) is 8.32. The van der Waals surface area contributed by atoms with E-state index in [1.165, 1.54) is 0 Å². The Kier molecular flexibility index (Phi) is 7.05. The summed E-state index contributed by atoms with van der Waals surface area (Å²) in [7, 11) is 1.70. The summed E-state index contributed by atoms with van der Waals surface area (Å²) >= 11 is 0. The average Bonchev–Trinajstić information content (AvgIpc) is 2.37. The zero-order valence-electron chi connectivity index (χ0n) is 11.8. The summed E-state index contributed by atoms with van der Waals surface area (Å²) < 4.78 is 10.2. The molecule has 1 fully saturated rings. The van der Waals surface area contributed by atoms with Gasteiger partial charge in [0, 0.05) is 32.8 Å². The lowest BCUT2D eigenvalue weighted by molar-refractivity contribution is 0.0812. The van der Waals surface area contributed by atoms with Crippen molar-refractivity contribution in [3.8, 4) is 0 Å². The molecule has 1 aliphatic heterocycles. The first-order valence-electron chi connectivity index (χ1n) is 6.77. The number of carbonyl (C=O) groups is 1. The van der Waals surface area contributed by atoms with Gasteiger partial charge in [0.2, 0.25) is 0 Å². The summed E-state index contributed by atoms with van der Waals surface area (Å²) in [6.07, 6.45) is 1.81. The molecule has 5 nitrogen and oxygen atoms in total. The normalized spacial score (nSPS) is 17.2. The highest BCUT2D eigenvalue weighted by molar-refractivity contribution is 5.67. The molecule has 1 heterocycles. The fourth-order valence-electron chi connectivity index (χ4n) is 1.96. The summed E-state index contributed by atoms with van der Waals surface area (Å²) in [6, 6.07) is 0.495. The van der Waals surface area contributed by atoms with Crippen molar-refractivity contribution in [1.82, 2.24) is 10.2 Å². The minimum absolute atomic E-state index is 0.168. The number of rotatable bonds is 6. The van der Waals surface area contributed by atoms with Gasteiger partial charge in [0.25, 0.3) is 0 Å². The van der Waals surface area contributed by atoms with Crippen LogP contribution in [0.5, 0.6) is 0 Å². The molecule has 1 saturated heterocycles. The minimum atomic E-state index is -0.168. The molecule has 0 radical (unpaired) electrons. The minimum Gasteiger partial charge on any atom is -0.449 e. The van der Waals surface area contributed by atoms with E-state index in [4.69, 9.17) is 9.47 Å². The van der Waals surface area contributed by atoms with E-state index in [0.29, 0.717) is 18.6 Å². The van der Waals surface area contributed by atoms with Crippen LogP contribution in [0.3, 0.4) is 0 Å². The van der Waals surface area contributed by atoms with E-state index >= 15 is 0 Å². The molecule has 0 unspecified atom stereocenters. The number of hydrogen-bond acceptors (Lipinski definition) is 4. The van der Waals surface area contributed by atoms with Crippen molar-refractivity contribution in [2.24, 2.45) is 5.92 Å². The van der Waals surface area contributed by atoms with E-state index < -0.39 is 0 Å². The Morgan fingerprint density at radius 3 is 2.61 bits per heavy atom. The highest BCUT2D eigenvalue weighted by Gasteiger charge is 2.23. The Balaban J connectivity index is 2.16. The fraction of sp³-hybridized carbons (Fsp3) is 0.923. The Morgan fingerprint density at radius 1 is 1.39 bits per heavy atom. The maximum Gasteiger partial charge on any atom is 0.409 e. The molecule has 1 amide bonds. The zero-order chi connectivity index (χ0) is 13.4. The van der Waals surface area contributed by atoms with Crippen molar-refractivity contribution >= 4 is 6.09 Å². The number of ether oxygens (including phenoxy) is 2. The standard InChI is InChI=1S/C13H26N2O3/c1-11(2)10-18-13(16)15-7-4-12(5-8-15)14-6-9-17-3/h11-12,14H,4-10H2,1-3H3. The van der Waals surface area contributed by atoms with Crippen molar-refractivity contribution in [2.45, 2.75) is 32.7 Å². The molecule has 0 aromatic heterocycles. The molecular weight excluding hydrogens is 232 g/mol. The van der Waals surface area contributed by atoms with Gasteiger partial charge in [-0.3, -0.25) is 0 Å². The van der Waals surface area contributed by atoms with Crippen LogP contribution < -0.4 is 5.32 Å². The van der Waals surface area contributed by atoms with Gasteiger partial charge in [0.1, 0.15) is 0 Å². The maximum atomic E-state index is 11.7. The maximum absolute atomic E-state index is 11.7. The summed E-state index contributed by atoms with van der Waals surface area (Å²) in [5.41, 5.74) is 0. The quantitative estimate of drug-likeness (QED) is 0.733. The first-order chi connectivity index (χ1) is 8.63.